The Kier molecular flexibility index (Phi) is 2.44. The number of nitrogens with zero attached hydrogens (tertiary/aromatic N) is 1. The molecule has 1 aliphatic rings. The summed E-state index contributed by atoms with van der Waals surface area (Å²) in [4.78, 5) is 11.0. The van der Waals surface area contributed by atoms with Crippen LogP contribution in [0.4, 0.5) is 0 Å². The summed E-state index contributed by atoms with van der Waals surface area (Å²) < 4.78 is 2.20. The minimum Gasteiger partial charge on any atom is -0.342 e. The molecular weight excluding hydrogens is 174 g/mol. The molecule has 0 saturated carbocycles. The van der Waals surface area contributed by atoms with E-state index in [1.165, 1.54) is 24.1 Å². The summed E-state index contributed by atoms with van der Waals surface area (Å²) in [5, 5.41) is 0. The van der Waals surface area contributed by atoms with Crippen LogP contribution >= 0.6 is 0 Å². The van der Waals surface area contributed by atoms with E-state index < -0.39 is 0 Å². The van der Waals surface area contributed by atoms with Gasteiger partial charge in [0.1, 0.15) is 0 Å². The molecule has 0 radical (unpaired) electrons. The molecule has 2 rings (SSSR count). The van der Waals surface area contributed by atoms with E-state index in [-0.39, 0.29) is 0 Å². The van der Waals surface area contributed by atoms with E-state index in [0.717, 1.165) is 24.9 Å². The topological polar surface area (TPSA) is 22.0 Å². The second-order valence-electron chi connectivity index (χ2n) is 4.36. The van der Waals surface area contributed by atoms with Gasteiger partial charge < -0.3 is 4.57 Å². The lowest BCUT2D eigenvalue weighted by atomic mass is 10.0. The highest BCUT2D eigenvalue weighted by molar-refractivity contribution is 5.76. The zero-order chi connectivity index (χ0) is 10.1. The molecule has 0 saturated heterocycles. The smallest absolute Gasteiger partial charge is 0.166 e. The summed E-state index contributed by atoms with van der Waals surface area (Å²) in [7, 11) is 0. The molecule has 2 heteroatoms. The predicted molar refractivity (Wildman–Crippen MR) is 56.8 cm³/mol. The van der Waals surface area contributed by atoms with Gasteiger partial charge >= 0.3 is 0 Å². The molecule has 76 valence electrons. The normalized spacial score (nSPS) is 15.6. The van der Waals surface area contributed by atoms with Gasteiger partial charge in [-0.3, -0.25) is 4.79 Å². The van der Waals surface area contributed by atoms with E-state index in [2.05, 4.69) is 24.5 Å². The Morgan fingerprint density at radius 2 is 2.21 bits per heavy atom. The first-order valence-corrected chi connectivity index (χ1v) is 5.41. The predicted octanol–water partition coefficient (Wildman–Crippen LogP) is 2.76. The van der Waals surface area contributed by atoms with E-state index in [1.54, 1.807) is 0 Å². The number of aryl methyl sites for hydroxylation is 1. The molecule has 2 heterocycles. The number of fused-ring (bicyclic) bond motifs is 1. The first kappa shape index (κ1) is 9.50. The second kappa shape index (κ2) is 3.60. The van der Waals surface area contributed by atoms with Gasteiger partial charge in [-0.25, -0.2) is 0 Å². The maximum Gasteiger partial charge on any atom is 0.166 e. The van der Waals surface area contributed by atoms with Crippen LogP contribution in [-0.2, 0) is 13.0 Å². The zero-order valence-electron chi connectivity index (χ0n) is 8.92. The van der Waals surface area contributed by atoms with Crippen LogP contribution in [0.2, 0.25) is 0 Å². The molecule has 0 aromatic carbocycles. The molecule has 2 nitrogen and oxygen atoms in total. The molecule has 1 aromatic rings. The summed E-state index contributed by atoms with van der Waals surface area (Å²) in [5.74, 6) is 0.452. The van der Waals surface area contributed by atoms with Crippen molar-refractivity contribution in [2.45, 2.75) is 45.6 Å². The molecule has 0 unspecified atom stereocenters. The Morgan fingerprint density at radius 1 is 1.43 bits per heavy atom. The summed E-state index contributed by atoms with van der Waals surface area (Å²) >= 11 is 0. The third-order valence-corrected chi connectivity index (χ3v) is 3.05. The number of hydrogen-bond donors (Lipinski definition) is 0. The summed E-state index contributed by atoms with van der Waals surface area (Å²) in [6.45, 7) is 5.32. The van der Waals surface area contributed by atoms with Crippen LogP contribution in [0, 0.1) is 0 Å². The van der Waals surface area contributed by atoms with Gasteiger partial charge in [-0.15, -0.1) is 0 Å². The fourth-order valence-electron chi connectivity index (χ4n) is 2.28. The molecule has 0 bridgehead atoms. The first-order valence-electron chi connectivity index (χ1n) is 5.41. The van der Waals surface area contributed by atoms with E-state index in [9.17, 15) is 4.79 Å². The van der Waals surface area contributed by atoms with Gasteiger partial charge in [-0.1, -0.05) is 13.8 Å². The fraction of sp³-hybridized carbons (Fsp3) is 0.583. The van der Waals surface area contributed by atoms with Crippen molar-refractivity contribution in [1.82, 2.24) is 4.57 Å². The van der Waals surface area contributed by atoms with Gasteiger partial charge in [0.05, 0.1) is 5.69 Å². The quantitative estimate of drug-likeness (QED) is 0.659. The van der Waals surface area contributed by atoms with Gasteiger partial charge in [0.25, 0.3) is 0 Å². The van der Waals surface area contributed by atoms with Crippen LogP contribution in [-0.4, -0.2) is 10.9 Å². The number of carbonyl (C=O) groups is 1. The highest BCUT2D eigenvalue weighted by atomic mass is 16.1. The third-order valence-electron chi connectivity index (χ3n) is 3.05. The van der Waals surface area contributed by atoms with Crippen molar-refractivity contribution in [2.75, 3.05) is 0 Å². The lowest BCUT2D eigenvalue weighted by Gasteiger charge is -2.16. The number of aromatic nitrogens is 1. The molecule has 14 heavy (non-hydrogen) atoms. The largest absolute Gasteiger partial charge is 0.342 e. The fourth-order valence-corrected chi connectivity index (χ4v) is 2.28. The Morgan fingerprint density at radius 3 is 2.86 bits per heavy atom. The van der Waals surface area contributed by atoms with Crippen molar-refractivity contribution >= 4 is 6.29 Å². The molecule has 0 spiro atoms. The van der Waals surface area contributed by atoms with Crippen molar-refractivity contribution in [3.8, 4) is 0 Å². The number of aldehydes is 1. The molecule has 0 fully saturated rings. The van der Waals surface area contributed by atoms with E-state index in [1.807, 2.05) is 0 Å². The lowest BCUT2D eigenvalue weighted by molar-refractivity contribution is 0.111. The Hall–Kier alpha value is -1.05. The van der Waals surface area contributed by atoms with Crippen LogP contribution in [0.1, 0.15) is 54.4 Å². The second-order valence-corrected chi connectivity index (χ2v) is 4.36. The van der Waals surface area contributed by atoms with Gasteiger partial charge in [0.15, 0.2) is 6.29 Å². The molecule has 0 amide bonds. The van der Waals surface area contributed by atoms with Crippen LogP contribution in [0.25, 0.3) is 0 Å². The van der Waals surface area contributed by atoms with Crippen molar-refractivity contribution in [3.63, 3.8) is 0 Å². The maximum absolute atomic E-state index is 11.0. The van der Waals surface area contributed by atoms with Crippen molar-refractivity contribution in [2.24, 2.45) is 0 Å². The average Bonchev–Trinajstić information content (AvgIpc) is 2.56. The van der Waals surface area contributed by atoms with Gasteiger partial charge in [0, 0.05) is 12.2 Å². The first-order chi connectivity index (χ1) is 6.74. The standard InChI is InChI=1S/C12H17NO/c1-9(2)11-7-10-5-3-4-6-13(10)12(11)8-14/h7-9H,3-6H2,1-2H3. The minimum atomic E-state index is 0.452. The van der Waals surface area contributed by atoms with E-state index >= 15 is 0 Å². The summed E-state index contributed by atoms with van der Waals surface area (Å²) in [6.07, 6.45) is 4.62. The van der Waals surface area contributed by atoms with Gasteiger partial charge in [-0.05, 0) is 36.8 Å². The number of rotatable bonds is 2. The van der Waals surface area contributed by atoms with Crippen LogP contribution < -0.4 is 0 Å². The highest BCUT2D eigenvalue weighted by Gasteiger charge is 2.18. The van der Waals surface area contributed by atoms with Crippen LogP contribution in [0.15, 0.2) is 6.07 Å². The lowest BCUT2D eigenvalue weighted by Crippen LogP contribution is -2.12. The van der Waals surface area contributed by atoms with Crippen molar-refractivity contribution in [3.05, 3.63) is 23.0 Å². The third kappa shape index (κ3) is 1.39. The Labute approximate surface area is 84.9 Å². The van der Waals surface area contributed by atoms with Gasteiger partial charge in [-0.2, -0.15) is 0 Å². The highest BCUT2D eigenvalue weighted by Crippen LogP contribution is 2.26. The monoisotopic (exact) mass is 191 g/mol. The zero-order valence-corrected chi connectivity index (χ0v) is 8.92. The summed E-state index contributed by atoms with van der Waals surface area (Å²) in [5.41, 5.74) is 3.48. The van der Waals surface area contributed by atoms with Crippen LogP contribution in [0.3, 0.4) is 0 Å². The molecule has 1 aliphatic heterocycles. The van der Waals surface area contributed by atoms with Gasteiger partial charge in [0.2, 0.25) is 0 Å². The van der Waals surface area contributed by atoms with E-state index in [4.69, 9.17) is 0 Å². The average molecular weight is 191 g/mol. The number of hydrogen-bond acceptors (Lipinski definition) is 1. The van der Waals surface area contributed by atoms with Crippen molar-refractivity contribution in [1.29, 1.82) is 0 Å². The Balaban J connectivity index is 2.51. The van der Waals surface area contributed by atoms with E-state index in [0.29, 0.717) is 5.92 Å². The number of carbonyl (C=O) groups excluding carboxylic acids is 1. The molecular formula is C12H17NO. The summed E-state index contributed by atoms with van der Waals surface area (Å²) in [6, 6.07) is 2.22. The Bertz CT molecular complexity index is 349. The maximum atomic E-state index is 11.0. The minimum absolute atomic E-state index is 0.452. The molecule has 0 atom stereocenters. The van der Waals surface area contributed by atoms with Crippen molar-refractivity contribution < 1.29 is 4.79 Å². The van der Waals surface area contributed by atoms with Crippen LogP contribution in [0.5, 0.6) is 0 Å². The molecule has 1 aromatic heterocycles. The SMILES string of the molecule is CC(C)c1cc2n(c1C=O)CCCC2. The molecule has 0 aliphatic carbocycles. The molecule has 0 N–H and O–H groups in total.